The van der Waals surface area contributed by atoms with Crippen molar-refractivity contribution in [3.63, 3.8) is 0 Å². The fourth-order valence-electron chi connectivity index (χ4n) is 1.91. The third kappa shape index (κ3) is 8.63. The van der Waals surface area contributed by atoms with Crippen molar-refractivity contribution in [3.8, 4) is 0 Å². The van der Waals surface area contributed by atoms with E-state index in [2.05, 4.69) is 58.9 Å². The van der Waals surface area contributed by atoms with Crippen molar-refractivity contribution >= 4 is 41.3 Å². The second kappa shape index (κ2) is 12.2. The van der Waals surface area contributed by atoms with Gasteiger partial charge in [-0.25, -0.2) is 0 Å². The molecule has 1 unspecified atom stereocenters. The number of hydrogen-bond acceptors (Lipinski definition) is 3. The molecule has 0 aliphatic heterocycles. The lowest BCUT2D eigenvalue weighted by Crippen LogP contribution is -2.41. The Bertz CT molecular complexity index is 381. The zero-order valence-electron chi connectivity index (χ0n) is 13.6. The minimum absolute atomic E-state index is 0. The van der Waals surface area contributed by atoms with E-state index < -0.39 is 0 Å². The molecule has 21 heavy (non-hydrogen) atoms. The molecule has 0 aliphatic carbocycles. The Kier molecular flexibility index (Phi) is 12.0. The van der Waals surface area contributed by atoms with Gasteiger partial charge in [-0.1, -0.05) is 19.4 Å². The SMILES string of the molecule is CCCCN(C)CCNC(=NC)NC(C)c1cccs1.I. The molecule has 6 heteroatoms. The maximum absolute atomic E-state index is 4.28. The van der Waals surface area contributed by atoms with Crippen molar-refractivity contribution in [1.29, 1.82) is 0 Å². The van der Waals surface area contributed by atoms with Crippen LogP contribution in [0.2, 0.25) is 0 Å². The van der Waals surface area contributed by atoms with E-state index in [1.807, 2.05) is 7.05 Å². The van der Waals surface area contributed by atoms with Crippen LogP contribution in [0.3, 0.4) is 0 Å². The average molecular weight is 424 g/mol. The number of nitrogens with one attached hydrogen (secondary N) is 2. The number of halogens is 1. The molecule has 0 fully saturated rings. The summed E-state index contributed by atoms with van der Waals surface area (Å²) >= 11 is 1.77. The van der Waals surface area contributed by atoms with Gasteiger partial charge in [0.15, 0.2) is 5.96 Å². The quantitative estimate of drug-likeness (QED) is 0.382. The predicted octanol–water partition coefficient (Wildman–Crippen LogP) is 3.32. The summed E-state index contributed by atoms with van der Waals surface area (Å²) in [7, 11) is 3.99. The zero-order valence-corrected chi connectivity index (χ0v) is 16.7. The molecule has 4 nitrogen and oxygen atoms in total. The van der Waals surface area contributed by atoms with E-state index in [9.17, 15) is 0 Å². The Balaban J connectivity index is 0.00000400. The van der Waals surface area contributed by atoms with Gasteiger partial charge in [0.05, 0.1) is 6.04 Å². The molecule has 1 atom stereocenters. The number of guanidine groups is 1. The summed E-state index contributed by atoms with van der Waals surface area (Å²) in [6, 6.07) is 4.52. The summed E-state index contributed by atoms with van der Waals surface area (Å²) < 4.78 is 0. The van der Waals surface area contributed by atoms with Crippen LogP contribution in [0.25, 0.3) is 0 Å². The lowest BCUT2D eigenvalue weighted by Gasteiger charge is -2.20. The molecule has 0 radical (unpaired) electrons. The molecule has 0 spiro atoms. The molecule has 0 aromatic carbocycles. The Labute approximate surface area is 150 Å². The highest BCUT2D eigenvalue weighted by molar-refractivity contribution is 14.0. The van der Waals surface area contributed by atoms with E-state index in [1.165, 1.54) is 17.7 Å². The lowest BCUT2D eigenvalue weighted by atomic mass is 10.3. The fourth-order valence-corrected chi connectivity index (χ4v) is 2.65. The van der Waals surface area contributed by atoms with Gasteiger partial charge in [-0.3, -0.25) is 4.99 Å². The molecule has 1 heterocycles. The number of unbranched alkanes of at least 4 members (excludes halogenated alkanes) is 1. The first-order valence-corrected chi connectivity index (χ1v) is 8.24. The van der Waals surface area contributed by atoms with Crippen LogP contribution >= 0.6 is 35.3 Å². The molecule has 2 N–H and O–H groups in total. The highest BCUT2D eigenvalue weighted by atomic mass is 127. The van der Waals surface area contributed by atoms with Gasteiger partial charge >= 0.3 is 0 Å². The van der Waals surface area contributed by atoms with Gasteiger partial charge in [0.1, 0.15) is 0 Å². The summed E-state index contributed by atoms with van der Waals surface area (Å²) in [6.45, 7) is 7.50. The summed E-state index contributed by atoms with van der Waals surface area (Å²) in [5, 5.41) is 8.89. The maximum Gasteiger partial charge on any atom is 0.191 e. The molecule has 1 aromatic rings. The number of likely N-dealkylation sites (N-methyl/N-ethyl adjacent to an activating group) is 1. The van der Waals surface area contributed by atoms with Crippen LogP contribution < -0.4 is 10.6 Å². The van der Waals surface area contributed by atoms with Crippen LogP contribution in [0.5, 0.6) is 0 Å². The van der Waals surface area contributed by atoms with Crippen LogP contribution in [-0.4, -0.2) is 44.6 Å². The van der Waals surface area contributed by atoms with Crippen LogP contribution in [0.15, 0.2) is 22.5 Å². The molecule has 0 aliphatic rings. The number of thiophene rings is 1. The smallest absolute Gasteiger partial charge is 0.191 e. The zero-order chi connectivity index (χ0) is 14.8. The first kappa shape index (κ1) is 20.7. The summed E-state index contributed by atoms with van der Waals surface area (Å²) in [6.07, 6.45) is 2.51. The standard InChI is InChI=1S/C15H28N4S.HI/c1-5-6-10-19(4)11-9-17-15(16-3)18-13(2)14-8-7-12-20-14;/h7-8,12-13H,5-6,9-11H2,1-4H3,(H2,16,17,18);1H. The van der Waals surface area contributed by atoms with Crippen molar-refractivity contribution in [2.24, 2.45) is 4.99 Å². The van der Waals surface area contributed by atoms with Crippen LogP contribution in [-0.2, 0) is 0 Å². The van der Waals surface area contributed by atoms with Crippen LogP contribution in [0, 0.1) is 0 Å². The lowest BCUT2D eigenvalue weighted by molar-refractivity contribution is 0.332. The van der Waals surface area contributed by atoms with E-state index in [4.69, 9.17) is 0 Å². The molecule has 0 amide bonds. The third-order valence-electron chi connectivity index (χ3n) is 3.23. The molecule has 0 saturated carbocycles. The minimum atomic E-state index is 0. The Hall–Kier alpha value is -0.340. The van der Waals surface area contributed by atoms with E-state index in [0.29, 0.717) is 6.04 Å². The van der Waals surface area contributed by atoms with E-state index >= 15 is 0 Å². The van der Waals surface area contributed by atoms with Gasteiger partial charge < -0.3 is 15.5 Å². The molecule has 0 saturated heterocycles. The molecule has 1 aromatic heterocycles. The van der Waals surface area contributed by atoms with E-state index in [1.54, 1.807) is 11.3 Å². The number of nitrogens with zero attached hydrogens (tertiary/aromatic N) is 2. The summed E-state index contributed by atoms with van der Waals surface area (Å²) in [5.74, 6) is 0.870. The number of hydrogen-bond donors (Lipinski definition) is 2. The first-order chi connectivity index (χ1) is 9.67. The predicted molar refractivity (Wildman–Crippen MR) is 105 cm³/mol. The second-order valence-corrected chi connectivity index (χ2v) is 6.02. The maximum atomic E-state index is 4.28. The number of rotatable bonds is 8. The Morgan fingerprint density at radius 3 is 2.76 bits per heavy atom. The highest BCUT2D eigenvalue weighted by Gasteiger charge is 2.08. The van der Waals surface area contributed by atoms with E-state index in [-0.39, 0.29) is 24.0 Å². The fraction of sp³-hybridized carbons (Fsp3) is 0.667. The van der Waals surface area contributed by atoms with Crippen molar-refractivity contribution in [2.75, 3.05) is 33.7 Å². The van der Waals surface area contributed by atoms with Gasteiger partial charge in [0, 0.05) is 25.0 Å². The van der Waals surface area contributed by atoms with E-state index in [0.717, 1.165) is 25.6 Å². The monoisotopic (exact) mass is 424 g/mol. The summed E-state index contributed by atoms with van der Waals surface area (Å²) in [4.78, 5) is 7.96. The van der Waals surface area contributed by atoms with Crippen molar-refractivity contribution in [1.82, 2.24) is 15.5 Å². The van der Waals surface area contributed by atoms with Crippen molar-refractivity contribution < 1.29 is 0 Å². The van der Waals surface area contributed by atoms with Gasteiger partial charge in [-0.15, -0.1) is 35.3 Å². The highest BCUT2D eigenvalue weighted by Crippen LogP contribution is 2.17. The van der Waals surface area contributed by atoms with Gasteiger partial charge in [0.2, 0.25) is 0 Å². The average Bonchev–Trinajstić information content (AvgIpc) is 2.98. The Morgan fingerprint density at radius 1 is 1.43 bits per heavy atom. The van der Waals surface area contributed by atoms with Gasteiger partial charge in [-0.2, -0.15) is 0 Å². The molecule has 122 valence electrons. The topological polar surface area (TPSA) is 39.7 Å². The van der Waals surface area contributed by atoms with Crippen LogP contribution in [0.4, 0.5) is 0 Å². The van der Waals surface area contributed by atoms with Crippen LogP contribution in [0.1, 0.15) is 37.6 Å². The van der Waals surface area contributed by atoms with Gasteiger partial charge in [-0.05, 0) is 38.4 Å². The summed E-state index contributed by atoms with van der Waals surface area (Å²) in [5.41, 5.74) is 0. The second-order valence-electron chi connectivity index (χ2n) is 5.04. The number of aliphatic imine (C=N–C) groups is 1. The van der Waals surface area contributed by atoms with Crippen molar-refractivity contribution in [3.05, 3.63) is 22.4 Å². The molecule has 1 rings (SSSR count). The molecular weight excluding hydrogens is 395 g/mol. The largest absolute Gasteiger partial charge is 0.355 e. The first-order valence-electron chi connectivity index (χ1n) is 7.36. The van der Waals surface area contributed by atoms with Crippen molar-refractivity contribution in [2.45, 2.75) is 32.7 Å². The minimum Gasteiger partial charge on any atom is -0.355 e. The Morgan fingerprint density at radius 2 is 2.19 bits per heavy atom. The molecule has 0 bridgehead atoms. The normalized spacial score (nSPS) is 12.9. The third-order valence-corrected chi connectivity index (χ3v) is 4.28. The van der Waals surface area contributed by atoms with Gasteiger partial charge in [0.25, 0.3) is 0 Å². The molecular formula is C15H29IN4S.